The van der Waals surface area contributed by atoms with Crippen molar-refractivity contribution in [3.63, 3.8) is 0 Å². The molecule has 2 aromatic rings. The minimum atomic E-state index is -0.940. The fraction of sp³-hybridized carbons (Fsp3) is 0.188. The van der Waals surface area contributed by atoms with Gasteiger partial charge in [0, 0.05) is 34.9 Å². The molecule has 6 heteroatoms. The summed E-state index contributed by atoms with van der Waals surface area (Å²) in [6.07, 6.45) is 1.63. The Morgan fingerprint density at radius 3 is 2.73 bits per heavy atom. The average Bonchev–Trinajstić information content (AvgIpc) is 2.48. The monoisotopic (exact) mass is 336 g/mol. The van der Waals surface area contributed by atoms with E-state index in [9.17, 15) is 8.60 Å². The van der Waals surface area contributed by atoms with Crippen LogP contribution in [0.25, 0.3) is 0 Å². The van der Waals surface area contributed by atoms with Crippen molar-refractivity contribution < 1.29 is 8.60 Å². The highest BCUT2D eigenvalue weighted by Gasteiger charge is 2.07. The summed E-state index contributed by atoms with van der Waals surface area (Å²) in [5, 5.41) is 12.3. The van der Waals surface area contributed by atoms with Gasteiger partial charge in [0.25, 0.3) is 0 Å². The Balaban J connectivity index is 2.14. The molecule has 0 aliphatic carbocycles. The lowest BCUT2D eigenvalue weighted by Crippen LogP contribution is -2.03. The number of hydrogen-bond donors (Lipinski definition) is 1. The Hall–Kier alpha value is -1.90. The predicted octanol–water partition coefficient (Wildman–Crippen LogP) is 3.84. The Kier molecular flexibility index (Phi) is 5.53. The van der Waals surface area contributed by atoms with Gasteiger partial charge in [0.2, 0.25) is 0 Å². The molecule has 2 aromatic carbocycles. The summed E-state index contributed by atoms with van der Waals surface area (Å²) in [5.74, 6) is 0.00496. The Morgan fingerprint density at radius 2 is 2.09 bits per heavy atom. The fourth-order valence-corrected chi connectivity index (χ4v) is 2.82. The third-order valence-electron chi connectivity index (χ3n) is 3.05. The molecule has 1 atom stereocenters. The molecule has 114 valence electrons. The average molecular weight is 337 g/mol. The molecule has 0 aliphatic rings. The van der Waals surface area contributed by atoms with Crippen molar-refractivity contribution in [2.45, 2.75) is 12.3 Å². The molecule has 0 radical (unpaired) electrons. The van der Waals surface area contributed by atoms with Gasteiger partial charge in [-0.2, -0.15) is 5.26 Å². The van der Waals surface area contributed by atoms with E-state index in [1.165, 1.54) is 6.07 Å². The van der Waals surface area contributed by atoms with Crippen LogP contribution in [0.5, 0.6) is 0 Å². The van der Waals surface area contributed by atoms with Gasteiger partial charge in [-0.3, -0.25) is 4.21 Å². The van der Waals surface area contributed by atoms with Crippen LogP contribution in [0.15, 0.2) is 36.4 Å². The topological polar surface area (TPSA) is 52.9 Å². The van der Waals surface area contributed by atoms with Gasteiger partial charge in [0.1, 0.15) is 5.82 Å². The van der Waals surface area contributed by atoms with E-state index >= 15 is 0 Å². The van der Waals surface area contributed by atoms with E-state index in [2.05, 4.69) is 5.32 Å². The minimum Gasteiger partial charge on any atom is -0.380 e. The van der Waals surface area contributed by atoms with Gasteiger partial charge in [-0.1, -0.05) is 23.7 Å². The molecule has 0 spiro atoms. The van der Waals surface area contributed by atoms with E-state index in [-0.39, 0.29) is 12.1 Å². The Morgan fingerprint density at radius 1 is 1.32 bits per heavy atom. The lowest BCUT2D eigenvalue weighted by molar-refractivity contribution is 0.612. The van der Waals surface area contributed by atoms with E-state index < -0.39 is 16.6 Å². The molecular weight excluding hydrogens is 323 g/mol. The van der Waals surface area contributed by atoms with Crippen molar-refractivity contribution in [3.8, 4) is 6.07 Å². The van der Waals surface area contributed by atoms with Crippen LogP contribution in [-0.4, -0.2) is 10.5 Å². The quantitative estimate of drug-likeness (QED) is 0.902. The van der Waals surface area contributed by atoms with E-state index in [1.807, 2.05) is 18.2 Å². The van der Waals surface area contributed by atoms with Crippen molar-refractivity contribution in [2.75, 3.05) is 11.6 Å². The highest BCUT2D eigenvalue weighted by atomic mass is 35.5. The third kappa shape index (κ3) is 4.30. The first-order valence-corrected chi connectivity index (χ1v) is 8.61. The molecule has 0 saturated carbocycles. The number of hydrogen-bond acceptors (Lipinski definition) is 3. The maximum atomic E-state index is 13.8. The van der Waals surface area contributed by atoms with Crippen molar-refractivity contribution in [3.05, 3.63) is 63.9 Å². The van der Waals surface area contributed by atoms with Crippen LogP contribution < -0.4 is 5.32 Å². The van der Waals surface area contributed by atoms with Crippen LogP contribution in [0, 0.1) is 17.1 Å². The summed E-state index contributed by atoms with van der Waals surface area (Å²) < 4.78 is 25.1. The molecule has 0 bridgehead atoms. The molecule has 0 fully saturated rings. The van der Waals surface area contributed by atoms with Crippen LogP contribution in [0.4, 0.5) is 10.1 Å². The summed E-state index contributed by atoms with van der Waals surface area (Å²) in [6.45, 7) is 0.246. The number of rotatable bonds is 5. The smallest absolute Gasteiger partial charge is 0.129 e. The molecule has 0 unspecified atom stereocenters. The first-order chi connectivity index (χ1) is 10.5. The standard InChI is InChI=1S/C16H14ClFN2OS/c1-22(21)10-12-3-5-14(17)16(7-12)20-9-13-4-2-11(8-19)6-15(13)18/h2-7,20H,9-10H2,1H3/t22-/m1/s1. The molecule has 1 N–H and O–H groups in total. The molecule has 2 rings (SSSR count). The van der Waals surface area contributed by atoms with E-state index in [1.54, 1.807) is 24.5 Å². The number of anilines is 1. The van der Waals surface area contributed by atoms with Crippen LogP contribution >= 0.6 is 11.6 Å². The maximum absolute atomic E-state index is 13.8. The third-order valence-corrected chi connectivity index (χ3v) is 4.12. The molecule has 0 saturated heterocycles. The van der Waals surface area contributed by atoms with Gasteiger partial charge in [0.15, 0.2) is 0 Å². The summed E-state index contributed by atoms with van der Waals surface area (Å²) in [5.41, 5.74) is 2.28. The van der Waals surface area contributed by atoms with E-state index in [0.717, 1.165) is 5.56 Å². The summed E-state index contributed by atoms with van der Waals surface area (Å²) in [6, 6.07) is 11.6. The molecule has 0 amide bonds. The van der Waals surface area contributed by atoms with Crippen molar-refractivity contribution in [2.24, 2.45) is 0 Å². The SMILES string of the molecule is C[S@@](=O)Cc1ccc(Cl)c(NCc2ccc(C#N)cc2F)c1. The highest BCUT2D eigenvalue weighted by Crippen LogP contribution is 2.24. The van der Waals surface area contributed by atoms with Crippen molar-refractivity contribution in [1.82, 2.24) is 0 Å². The van der Waals surface area contributed by atoms with Crippen molar-refractivity contribution >= 4 is 28.1 Å². The van der Waals surface area contributed by atoms with Crippen LogP contribution in [0.2, 0.25) is 5.02 Å². The molecular formula is C16H14ClFN2OS. The first-order valence-electron chi connectivity index (χ1n) is 6.50. The number of benzene rings is 2. The minimum absolute atomic E-state index is 0.246. The van der Waals surface area contributed by atoms with Gasteiger partial charge < -0.3 is 5.32 Å². The predicted molar refractivity (Wildman–Crippen MR) is 87.7 cm³/mol. The number of nitrogens with zero attached hydrogens (tertiary/aromatic N) is 1. The molecule has 22 heavy (non-hydrogen) atoms. The van der Waals surface area contributed by atoms with Gasteiger partial charge >= 0.3 is 0 Å². The van der Waals surface area contributed by atoms with Gasteiger partial charge in [-0.25, -0.2) is 4.39 Å². The molecule has 3 nitrogen and oxygen atoms in total. The van der Waals surface area contributed by atoms with E-state index in [4.69, 9.17) is 16.9 Å². The van der Waals surface area contributed by atoms with Gasteiger partial charge in [0.05, 0.1) is 22.3 Å². The van der Waals surface area contributed by atoms with Crippen LogP contribution in [0.1, 0.15) is 16.7 Å². The fourth-order valence-electron chi connectivity index (χ4n) is 1.98. The highest BCUT2D eigenvalue weighted by molar-refractivity contribution is 7.83. The normalized spacial score (nSPS) is 11.7. The van der Waals surface area contributed by atoms with Crippen LogP contribution in [-0.2, 0) is 23.1 Å². The van der Waals surface area contributed by atoms with E-state index in [0.29, 0.717) is 22.0 Å². The summed E-state index contributed by atoms with van der Waals surface area (Å²) >= 11 is 6.11. The van der Waals surface area contributed by atoms with Crippen molar-refractivity contribution in [1.29, 1.82) is 5.26 Å². The second-order valence-electron chi connectivity index (χ2n) is 4.80. The lowest BCUT2D eigenvalue weighted by atomic mass is 10.1. The zero-order chi connectivity index (χ0) is 16.1. The van der Waals surface area contributed by atoms with Gasteiger partial charge in [-0.05, 0) is 29.8 Å². The largest absolute Gasteiger partial charge is 0.380 e. The summed E-state index contributed by atoms with van der Waals surface area (Å²) in [7, 11) is -0.940. The molecule has 0 aliphatic heterocycles. The lowest BCUT2D eigenvalue weighted by Gasteiger charge is -2.11. The Bertz CT molecular complexity index is 758. The molecule has 0 aromatic heterocycles. The summed E-state index contributed by atoms with van der Waals surface area (Å²) in [4.78, 5) is 0. The first kappa shape index (κ1) is 16.5. The van der Waals surface area contributed by atoms with Crippen LogP contribution in [0.3, 0.4) is 0 Å². The number of nitrogens with one attached hydrogen (secondary N) is 1. The zero-order valence-electron chi connectivity index (χ0n) is 11.9. The Labute approximate surface area is 136 Å². The maximum Gasteiger partial charge on any atom is 0.129 e. The second-order valence-corrected chi connectivity index (χ2v) is 6.65. The number of halogens is 2. The van der Waals surface area contributed by atoms with Gasteiger partial charge in [-0.15, -0.1) is 0 Å². The molecule has 0 heterocycles. The zero-order valence-corrected chi connectivity index (χ0v) is 13.5. The number of nitriles is 1. The second kappa shape index (κ2) is 7.39.